The number of rotatable bonds is 1. The quantitative estimate of drug-likeness (QED) is 0.794. The van der Waals surface area contributed by atoms with Gasteiger partial charge in [-0.15, -0.1) is 0 Å². The third-order valence-electron chi connectivity index (χ3n) is 2.60. The zero-order valence-corrected chi connectivity index (χ0v) is 8.27. The molecule has 0 fully saturated rings. The van der Waals surface area contributed by atoms with Crippen molar-refractivity contribution in [3.05, 3.63) is 35.9 Å². The van der Waals surface area contributed by atoms with Crippen molar-refractivity contribution in [2.24, 2.45) is 0 Å². The summed E-state index contributed by atoms with van der Waals surface area (Å²) in [5.41, 5.74) is 0.172. The molecule has 2 aromatic rings. The molecule has 3 rings (SSSR count). The Hall–Kier alpha value is -2.23. The first-order chi connectivity index (χ1) is 7.77. The number of ether oxygens (including phenoxy) is 2. The predicted octanol–water partition coefficient (Wildman–Crippen LogP) is 2.27. The van der Waals surface area contributed by atoms with Crippen LogP contribution in [0, 0.1) is 0 Å². The highest BCUT2D eigenvalue weighted by molar-refractivity contribution is 6.07. The highest BCUT2D eigenvalue weighted by Gasteiger charge is 2.24. The molecule has 1 aliphatic rings. The summed E-state index contributed by atoms with van der Waals surface area (Å²) in [5.74, 6) is -0.180. The van der Waals surface area contributed by atoms with Crippen LogP contribution in [-0.4, -0.2) is 17.9 Å². The number of hydrogen-bond donors (Lipinski definition) is 1. The Bertz CT molecular complexity index is 589. The normalized spacial score (nSPS) is 13.0. The van der Waals surface area contributed by atoms with Gasteiger partial charge in [-0.25, -0.2) is 4.79 Å². The number of fused-ring (bicyclic) bond motifs is 2. The Morgan fingerprint density at radius 3 is 2.88 bits per heavy atom. The Kier molecular flexibility index (Phi) is 1.77. The lowest BCUT2D eigenvalue weighted by atomic mass is 10.0. The minimum atomic E-state index is -1.00. The first kappa shape index (κ1) is 9.03. The molecule has 0 amide bonds. The van der Waals surface area contributed by atoms with Gasteiger partial charge in [0.1, 0.15) is 5.56 Å². The van der Waals surface area contributed by atoms with Crippen molar-refractivity contribution in [2.75, 3.05) is 6.79 Å². The molecule has 0 radical (unpaired) electrons. The van der Waals surface area contributed by atoms with Crippen LogP contribution in [0.25, 0.3) is 10.8 Å². The number of aromatic carboxylic acids is 1. The lowest BCUT2D eigenvalue weighted by Crippen LogP contribution is -2.00. The molecule has 0 spiro atoms. The predicted molar refractivity (Wildman–Crippen MR) is 57.0 cm³/mol. The van der Waals surface area contributed by atoms with Crippen LogP contribution in [0.4, 0.5) is 0 Å². The molecule has 0 aliphatic carbocycles. The van der Waals surface area contributed by atoms with Crippen LogP contribution in [-0.2, 0) is 0 Å². The summed E-state index contributed by atoms with van der Waals surface area (Å²) in [6, 6.07) is 9.07. The van der Waals surface area contributed by atoms with Gasteiger partial charge in [-0.3, -0.25) is 0 Å². The van der Waals surface area contributed by atoms with E-state index in [9.17, 15) is 9.90 Å². The second kappa shape index (κ2) is 3.13. The van der Waals surface area contributed by atoms with Crippen LogP contribution in [0.3, 0.4) is 0 Å². The average molecular weight is 216 g/mol. The van der Waals surface area contributed by atoms with Gasteiger partial charge in [-0.2, -0.15) is 0 Å². The van der Waals surface area contributed by atoms with Crippen molar-refractivity contribution >= 4 is 16.7 Å². The molecule has 16 heavy (non-hydrogen) atoms. The van der Waals surface area contributed by atoms with Crippen molar-refractivity contribution < 1.29 is 19.4 Å². The number of hydrogen-bond acceptors (Lipinski definition) is 3. The fraction of sp³-hybridized carbons (Fsp3) is 0.0833. The van der Waals surface area contributed by atoms with Gasteiger partial charge in [0.25, 0.3) is 0 Å². The first-order valence-electron chi connectivity index (χ1n) is 4.82. The molecule has 0 unspecified atom stereocenters. The van der Waals surface area contributed by atoms with Crippen LogP contribution in [0.2, 0.25) is 0 Å². The van der Waals surface area contributed by atoms with Crippen LogP contribution < -0.4 is 9.47 Å². The zero-order chi connectivity index (χ0) is 11.1. The molecule has 1 heterocycles. The van der Waals surface area contributed by atoms with E-state index < -0.39 is 5.97 Å². The van der Waals surface area contributed by atoms with Gasteiger partial charge in [0.05, 0.1) is 0 Å². The zero-order valence-electron chi connectivity index (χ0n) is 8.27. The molecule has 0 atom stereocenters. The molecule has 0 bridgehead atoms. The standard InChI is InChI=1S/C12H8O4/c13-12(14)10-8-4-2-1-3-7(8)5-9-11(10)16-6-15-9/h1-5H,6H2,(H,13,14). The fourth-order valence-electron chi connectivity index (χ4n) is 1.92. The van der Waals surface area contributed by atoms with Gasteiger partial charge in [0.2, 0.25) is 6.79 Å². The van der Waals surface area contributed by atoms with E-state index in [0.717, 1.165) is 5.39 Å². The van der Waals surface area contributed by atoms with Gasteiger partial charge in [-0.05, 0) is 11.5 Å². The van der Waals surface area contributed by atoms with E-state index in [1.54, 1.807) is 18.2 Å². The number of carboxylic acids is 1. The van der Waals surface area contributed by atoms with Gasteiger partial charge >= 0.3 is 5.97 Å². The van der Waals surface area contributed by atoms with Crippen LogP contribution in [0.1, 0.15) is 10.4 Å². The average Bonchev–Trinajstić information content (AvgIpc) is 2.72. The summed E-state index contributed by atoms with van der Waals surface area (Å²) in [4.78, 5) is 11.2. The van der Waals surface area contributed by atoms with Crippen LogP contribution in [0.15, 0.2) is 30.3 Å². The van der Waals surface area contributed by atoms with Crippen molar-refractivity contribution in [2.45, 2.75) is 0 Å². The summed E-state index contributed by atoms with van der Waals surface area (Å²) in [6.45, 7) is 0.0753. The van der Waals surface area contributed by atoms with Gasteiger partial charge in [0.15, 0.2) is 11.5 Å². The highest BCUT2D eigenvalue weighted by Crippen LogP contribution is 2.40. The van der Waals surface area contributed by atoms with Crippen molar-refractivity contribution in [3.63, 3.8) is 0 Å². The third kappa shape index (κ3) is 1.13. The van der Waals surface area contributed by atoms with E-state index in [0.29, 0.717) is 16.9 Å². The van der Waals surface area contributed by atoms with E-state index in [1.165, 1.54) is 0 Å². The second-order valence-electron chi connectivity index (χ2n) is 3.51. The number of carbonyl (C=O) groups is 1. The van der Waals surface area contributed by atoms with Crippen LogP contribution >= 0.6 is 0 Å². The van der Waals surface area contributed by atoms with Crippen molar-refractivity contribution in [1.82, 2.24) is 0 Å². The Morgan fingerprint density at radius 2 is 2.06 bits per heavy atom. The van der Waals surface area contributed by atoms with E-state index in [2.05, 4.69) is 0 Å². The second-order valence-corrected chi connectivity index (χ2v) is 3.51. The molecular weight excluding hydrogens is 208 g/mol. The maximum absolute atomic E-state index is 11.2. The van der Waals surface area contributed by atoms with E-state index >= 15 is 0 Å². The summed E-state index contributed by atoms with van der Waals surface area (Å²) < 4.78 is 10.4. The SMILES string of the molecule is O=C(O)c1c2c(cc3ccccc13)OCO2. The topological polar surface area (TPSA) is 55.8 Å². The van der Waals surface area contributed by atoms with E-state index in [1.807, 2.05) is 12.1 Å². The summed E-state index contributed by atoms with van der Waals surface area (Å²) in [6.07, 6.45) is 0. The number of carboxylic acid groups (broad SMARTS) is 1. The monoisotopic (exact) mass is 216 g/mol. The van der Waals surface area contributed by atoms with E-state index in [-0.39, 0.29) is 12.4 Å². The Morgan fingerprint density at radius 1 is 1.25 bits per heavy atom. The summed E-state index contributed by atoms with van der Waals surface area (Å²) in [7, 11) is 0. The minimum Gasteiger partial charge on any atom is -0.478 e. The van der Waals surface area contributed by atoms with Gasteiger partial charge < -0.3 is 14.6 Å². The molecule has 1 aliphatic heterocycles. The van der Waals surface area contributed by atoms with Crippen molar-refractivity contribution in [3.8, 4) is 11.5 Å². The molecule has 0 saturated carbocycles. The first-order valence-corrected chi connectivity index (χ1v) is 4.82. The third-order valence-corrected chi connectivity index (χ3v) is 2.60. The summed E-state index contributed by atoms with van der Waals surface area (Å²) >= 11 is 0. The van der Waals surface area contributed by atoms with Gasteiger partial charge in [0, 0.05) is 5.39 Å². The fourth-order valence-corrected chi connectivity index (χ4v) is 1.92. The molecule has 0 saturated heterocycles. The molecule has 2 aromatic carbocycles. The van der Waals surface area contributed by atoms with Gasteiger partial charge in [-0.1, -0.05) is 24.3 Å². The van der Waals surface area contributed by atoms with Crippen LogP contribution in [0.5, 0.6) is 11.5 Å². The highest BCUT2D eigenvalue weighted by atomic mass is 16.7. The lowest BCUT2D eigenvalue weighted by Gasteiger charge is -2.06. The largest absolute Gasteiger partial charge is 0.478 e. The smallest absolute Gasteiger partial charge is 0.340 e. The number of benzene rings is 2. The van der Waals surface area contributed by atoms with Crippen molar-refractivity contribution in [1.29, 1.82) is 0 Å². The maximum atomic E-state index is 11.2. The Balaban J connectivity index is 2.45. The van der Waals surface area contributed by atoms with E-state index in [4.69, 9.17) is 9.47 Å². The minimum absolute atomic E-state index is 0.0753. The molecule has 0 aromatic heterocycles. The molecule has 80 valence electrons. The maximum Gasteiger partial charge on any atom is 0.340 e. The molecular formula is C12H8O4. The molecule has 1 N–H and O–H groups in total. The Labute approximate surface area is 91.0 Å². The molecule has 4 heteroatoms. The lowest BCUT2D eigenvalue weighted by molar-refractivity contribution is 0.0694. The summed E-state index contributed by atoms with van der Waals surface area (Å²) in [5, 5.41) is 10.7. The molecule has 4 nitrogen and oxygen atoms in total.